The Morgan fingerprint density at radius 1 is 1.26 bits per heavy atom. The molecule has 1 unspecified atom stereocenters. The van der Waals surface area contributed by atoms with E-state index in [0.717, 1.165) is 31.6 Å². The zero-order chi connectivity index (χ0) is 15.9. The number of benzene rings is 1. The third-order valence-electron chi connectivity index (χ3n) is 3.88. The zero-order valence-electron chi connectivity index (χ0n) is 13.7. The Hall–Kier alpha value is -1.59. The van der Waals surface area contributed by atoms with E-state index in [-0.39, 0.29) is 30.1 Å². The van der Waals surface area contributed by atoms with E-state index in [1.807, 2.05) is 32.0 Å². The van der Waals surface area contributed by atoms with Crippen molar-refractivity contribution in [2.45, 2.75) is 33.1 Å². The first-order chi connectivity index (χ1) is 10.5. The lowest BCUT2D eigenvalue weighted by molar-refractivity contribution is -0.119. The van der Waals surface area contributed by atoms with Gasteiger partial charge in [-0.2, -0.15) is 0 Å². The predicted molar refractivity (Wildman–Crippen MR) is 96.0 cm³/mol. The van der Waals surface area contributed by atoms with Gasteiger partial charge in [-0.15, -0.1) is 12.4 Å². The second-order valence-electron chi connectivity index (χ2n) is 6.17. The standard InChI is InChI=1S/C17H25N3O2.ClH/c1-12(2)17(22)20-15-5-3-4-14(10-15)19-16(21)7-6-13-8-9-18-11-13;/h3-5,10,12-13,18H,6-9,11H2,1-2H3,(H,19,21)(H,20,22);1H. The highest BCUT2D eigenvalue weighted by molar-refractivity contribution is 5.94. The van der Waals surface area contributed by atoms with E-state index in [1.165, 1.54) is 0 Å². The number of amides is 2. The third-order valence-corrected chi connectivity index (χ3v) is 3.88. The molecule has 1 heterocycles. The maximum Gasteiger partial charge on any atom is 0.226 e. The maximum atomic E-state index is 12.0. The molecule has 6 heteroatoms. The van der Waals surface area contributed by atoms with Gasteiger partial charge in [-0.1, -0.05) is 19.9 Å². The smallest absolute Gasteiger partial charge is 0.226 e. The molecule has 1 aromatic carbocycles. The van der Waals surface area contributed by atoms with Crippen LogP contribution in [0.2, 0.25) is 0 Å². The van der Waals surface area contributed by atoms with Crippen molar-refractivity contribution >= 4 is 35.6 Å². The molecule has 1 aliphatic rings. The molecular weight excluding hydrogens is 314 g/mol. The van der Waals surface area contributed by atoms with E-state index < -0.39 is 0 Å². The third kappa shape index (κ3) is 6.59. The van der Waals surface area contributed by atoms with Gasteiger partial charge < -0.3 is 16.0 Å². The molecular formula is C17H26ClN3O2. The quantitative estimate of drug-likeness (QED) is 0.746. The van der Waals surface area contributed by atoms with Crippen molar-refractivity contribution in [2.24, 2.45) is 11.8 Å². The molecule has 1 atom stereocenters. The number of carbonyl (C=O) groups is 2. The molecule has 128 valence electrons. The molecule has 0 radical (unpaired) electrons. The highest BCUT2D eigenvalue weighted by Gasteiger charge is 2.15. The minimum absolute atomic E-state index is 0. The van der Waals surface area contributed by atoms with Crippen LogP contribution in [0.15, 0.2) is 24.3 Å². The van der Waals surface area contributed by atoms with Crippen LogP contribution in [-0.4, -0.2) is 24.9 Å². The van der Waals surface area contributed by atoms with E-state index in [2.05, 4.69) is 16.0 Å². The van der Waals surface area contributed by atoms with E-state index in [1.54, 1.807) is 6.07 Å². The molecule has 0 bridgehead atoms. The molecule has 5 nitrogen and oxygen atoms in total. The summed E-state index contributed by atoms with van der Waals surface area (Å²) in [7, 11) is 0. The topological polar surface area (TPSA) is 70.2 Å². The molecule has 0 saturated carbocycles. The Kier molecular flexibility index (Phi) is 8.06. The summed E-state index contributed by atoms with van der Waals surface area (Å²) in [5.41, 5.74) is 1.42. The summed E-state index contributed by atoms with van der Waals surface area (Å²) in [4.78, 5) is 23.7. The number of halogens is 1. The van der Waals surface area contributed by atoms with Gasteiger partial charge in [0.05, 0.1) is 0 Å². The second-order valence-corrected chi connectivity index (χ2v) is 6.17. The summed E-state index contributed by atoms with van der Waals surface area (Å²) in [6, 6.07) is 7.27. The minimum atomic E-state index is -0.0710. The molecule has 1 aromatic rings. The minimum Gasteiger partial charge on any atom is -0.326 e. The van der Waals surface area contributed by atoms with Gasteiger partial charge in [-0.05, 0) is 50.0 Å². The number of nitrogens with one attached hydrogen (secondary N) is 3. The van der Waals surface area contributed by atoms with Gasteiger partial charge in [-0.25, -0.2) is 0 Å². The van der Waals surface area contributed by atoms with E-state index in [9.17, 15) is 9.59 Å². The van der Waals surface area contributed by atoms with Gasteiger partial charge in [0.1, 0.15) is 0 Å². The maximum absolute atomic E-state index is 12.0. The first-order valence-corrected chi connectivity index (χ1v) is 7.96. The Labute approximate surface area is 144 Å². The van der Waals surface area contributed by atoms with Crippen molar-refractivity contribution in [3.8, 4) is 0 Å². The van der Waals surface area contributed by atoms with Crippen LogP contribution >= 0.6 is 12.4 Å². The summed E-state index contributed by atoms with van der Waals surface area (Å²) in [6.07, 6.45) is 2.61. The fraction of sp³-hybridized carbons (Fsp3) is 0.529. The summed E-state index contributed by atoms with van der Waals surface area (Å²) in [5.74, 6) is 0.539. The van der Waals surface area contributed by atoms with Gasteiger partial charge in [0.2, 0.25) is 11.8 Å². The molecule has 3 N–H and O–H groups in total. The summed E-state index contributed by atoms with van der Waals surface area (Å²) >= 11 is 0. The number of carbonyl (C=O) groups excluding carboxylic acids is 2. The number of anilines is 2. The van der Waals surface area contributed by atoms with Crippen molar-refractivity contribution in [3.05, 3.63) is 24.3 Å². The molecule has 1 fully saturated rings. The molecule has 0 aromatic heterocycles. The Balaban J connectivity index is 0.00000264. The largest absolute Gasteiger partial charge is 0.326 e. The molecule has 1 aliphatic heterocycles. The van der Waals surface area contributed by atoms with Gasteiger partial charge in [-0.3, -0.25) is 9.59 Å². The van der Waals surface area contributed by atoms with Crippen LogP contribution < -0.4 is 16.0 Å². The lowest BCUT2D eigenvalue weighted by Crippen LogP contribution is -2.18. The number of hydrogen-bond acceptors (Lipinski definition) is 3. The van der Waals surface area contributed by atoms with E-state index >= 15 is 0 Å². The molecule has 2 rings (SSSR count). The Morgan fingerprint density at radius 2 is 1.96 bits per heavy atom. The van der Waals surface area contributed by atoms with E-state index in [4.69, 9.17) is 0 Å². The first-order valence-electron chi connectivity index (χ1n) is 7.96. The van der Waals surface area contributed by atoms with Crippen molar-refractivity contribution in [2.75, 3.05) is 23.7 Å². The second kappa shape index (κ2) is 9.53. The fourth-order valence-corrected chi connectivity index (χ4v) is 2.48. The predicted octanol–water partition coefficient (Wildman–Crippen LogP) is 3.03. The molecule has 0 spiro atoms. The number of rotatable bonds is 6. The average Bonchev–Trinajstić information content (AvgIpc) is 2.98. The van der Waals surface area contributed by atoms with Crippen molar-refractivity contribution in [3.63, 3.8) is 0 Å². The highest BCUT2D eigenvalue weighted by Crippen LogP contribution is 2.18. The average molecular weight is 340 g/mol. The van der Waals surface area contributed by atoms with E-state index in [0.29, 0.717) is 18.0 Å². The van der Waals surface area contributed by atoms with Crippen molar-refractivity contribution < 1.29 is 9.59 Å². The Morgan fingerprint density at radius 3 is 2.57 bits per heavy atom. The highest BCUT2D eigenvalue weighted by atomic mass is 35.5. The van der Waals surface area contributed by atoms with Crippen molar-refractivity contribution in [1.29, 1.82) is 0 Å². The van der Waals surface area contributed by atoms with Crippen LogP contribution in [0, 0.1) is 11.8 Å². The number of hydrogen-bond donors (Lipinski definition) is 3. The first kappa shape index (κ1) is 19.5. The lowest BCUT2D eigenvalue weighted by Gasteiger charge is -2.11. The summed E-state index contributed by atoms with van der Waals surface area (Å²) < 4.78 is 0. The normalized spacial score (nSPS) is 16.7. The van der Waals surface area contributed by atoms with Gasteiger partial charge in [0.25, 0.3) is 0 Å². The molecule has 2 amide bonds. The van der Waals surface area contributed by atoms with Gasteiger partial charge in [0, 0.05) is 23.7 Å². The molecule has 23 heavy (non-hydrogen) atoms. The fourth-order valence-electron chi connectivity index (χ4n) is 2.48. The molecule has 1 saturated heterocycles. The monoisotopic (exact) mass is 339 g/mol. The van der Waals surface area contributed by atoms with Crippen LogP contribution in [-0.2, 0) is 9.59 Å². The van der Waals surface area contributed by atoms with Gasteiger partial charge in [0.15, 0.2) is 0 Å². The molecule has 0 aliphatic carbocycles. The SMILES string of the molecule is CC(C)C(=O)Nc1cccc(NC(=O)CCC2CCNC2)c1.Cl. The Bertz CT molecular complexity index is 528. The van der Waals surface area contributed by atoms with Crippen LogP contribution in [0.5, 0.6) is 0 Å². The van der Waals surface area contributed by atoms with Crippen LogP contribution in [0.25, 0.3) is 0 Å². The van der Waals surface area contributed by atoms with Crippen LogP contribution in [0.3, 0.4) is 0 Å². The summed E-state index contributed by atoms with van der Waals surface area (Å²) in [6.45, 7) is 5.77. The lowest BCUT2D eigenvalue weighted by atomic mass is 10.0. The summed E-state index contributed by atoms with van der Waals surface area (Å²) in [5, 5.41) is 9.04. The van der Waals surface area contributed by atoms with Crippen LogP contribution in [0.1, 0.15) is 33.1 Å². The van der Waals surface area contributed by atoms with Crippen molar-refractivity contribution in [1.82, 2.24) is 5.32 Å². The van der Waals surface area contributed by atoms with Crippen LogP contribution in [0.4, 0.5) is 11.4 Å². The van der Waals surface area contributed by atoms with Gasteiger partial charge >= 0.3 is 0 Å². The zero-order valence-corrected chi connectivity index (χ0v) is 14.5.